The summed E-state index contributed by atoms with van der Waals surface area (Å²) in [7, 11) is 0. The number of nitrogens with two attached hydrogens (primary N) is 1. The fourth-order valence-corrected chi connectivity index (χ4v) is 2.62. The Morgan fingerprint density at radius 2 is 2.21 bits per heavy atom. The lowest BCUT2D eigenvalue weighted by Gasteiger charge is -2.37. The molecular weight excluding hydrogens is 241 g/mol. The van der Waals surface area contributed by atoms with Gasteiger partial charge in [0.25, 0.3) is 0 Å². The molecule has 104 valence electrons. The molecule has 0 bridgehead atoms. The molecule has 1 atom stereocenters. The zero-order valence-electron chi connectivity index (χ0n) is 11.9. The van der Waals surface area contributed by atoms with E-state index in [-0.39, 0.29) is 11.4 Å². The Kier molecular flexibility index (Phi) is 3.78. The van der Waals surface area contributed by atoms with E-state index in [0.717, 1.165) is 18.5 Å². The summed E-state index contributed by atoms with van der Waals surface area (Å²) < 4.78 is 13.3. The van der Waals surface area contributed by atoms with Gasteiger partial charge in [0.15, 0.2) is 5.96 Å². The Hall–Kier alpha value is -1.58. The van der Waals surface area contributed by atoms with Crippen molar-refractivity contribution in [2.24, 2.45) is 16.6 Å². The van der Waals surface area contributed by atoms with Gasteiger partial charge in [-0.2, -0.15) is 0 Å². The molecule has 0 radical (unpaired) electrons. The van der Waals surface area contributed by atoms with Crippen molar-refractivity contribution in [1.29, 1.82) is 0 Å². The Bertz CT molecular complexity index is 484. The van der Waals surface area contributed by atoms with Gasteiger partial charge in [-0.05, 0) is 37.0 Å². The van der Waals surface area contributed by atoms with Crippen molar-refractivity contribution in [3.63, 3.8) is 0 Å². The first-order valence-electron chi connectivity index (χ1n) is 6.73. The molecule has 1 aromatic rings. The van der Waals surface area contributed by atoms with Crippen LogP contribution in [0.1, 0.15) is 26.3 Å². The molecule has 4 heteroatoms. The SMILES string of the molecule is CC(C)CN1C(N)=NCC1(C)Cc1cccc(F)c1. The largest absolute Gasteiger partial charge is 0.370 e. The van der Waals surface area contributed by atoms with E-state index in [0.29, 0.717) is 18.4 Å². The maximum atomic E-state index is 13.3. The molecule has 1 heterocycles. The van der Waals surface area contributed by atoms with Crippen LogP contribution >= 0.6 is 0 Å². The highest BCUT2D eigenvalue weighted by Gasteiger charge is 2.38. The average molecular weight is 263 g/mol. The molecular formula is C15H22FN3. The first-order chi connectivity index (χ1) is 8.90. The fourth-order valence-electron chi connectivity index (χ4n) is 2.62. The Morgan fingerprint density at radius 1 is 1.47 bits per heavy atom. The van der Waals surface area contributed by atoms with E-state index in [2.05, 4.69) is 30.7 Å². The quantitative estimate of drug-likeness (QED) is 0.906. The second kappa shape index (κ2) is 5.19. The maximum Gasteiger partial charge on any atom is 0.191 e. The van der Waals surface area contributed by atoms with Gasteiger partial charge >= 0.3 is 0 Å². The summed E-state index contributed by atoms with van der Waals surface area (Å²) in [6, 6.07) is 6.76. The Balaban J connectivity index is 2.17. The molecule has 1 unspecified atom stereocenters. The molecule has 2 N–H and O–H groups in total. The molecule has 19 heavy (non-hydrogen) atoms. The summed E-state index contributed by atoms with van der Waals surface area (Å²) in [5.74, 6) is 0.926. The molecule has 0 aromatic heterocycles. The molecule has 3 nitrogen and oxygen atoms in total. The van der Waals surface area contributed by atoms with Gasteiger partial charge in [0.1, 0.15) is 5.82 Å². The summed E-state index contributed by atoms with van der Waals surface area (Å²) in [5, 5.41) is 0. The third kappa shape index (κ3) is 3.06. The van der Waals surface area contributed by atoms with Crippen molar-refractivity contribution in [1.82, 2.24) is 4.90 Å². The van der Waals surface area contributed by atoms with Crippen molar-refractivity contribution in [3.8, 4) is 0 Å². The van der Waals surface area contributed by atoms with Crippen LogP contribution in [0.5, 0.6) is 0 Å². The first kappa shape index (κ1) is 13.8. The minimum absolute atomic E-state index is 0.151. The van der Waals surface area contributed by atoms with Crippen LogP contribution < -0.4 is 5.73 Å². The number of guanidine groups is 1. The topological polar surface area (TPSA) is 41.6 Å². The minimum atomic E-state index is -0.191. The highest BCUT2D eigenvalue weighted by atomic mass is 19.1. The number of rotatable bonds is 4. The molecule has 0 saturated carbocycles. The molecule has 0 spiro atoms. The lowest BCUT2D eigenvalue weighted by molar-refractivity contribution is 0.201. The predicted octanol–water partition coefficient (Wildman–Crippen LogP) is 2.41. The number of nitrogens with zero attached hydrogens (tertiary/aromatic N) is 2. The number of benzene rings is 1. The summed E-state index contributed by atoms with van der Waals surface area (Å²) in [5.41, 5.74) is 6.82. The summed E-state index contributed by atoms with van der Waals surface area (Å²) in [6.45, 7) is 8.01. The van der Waals surface area contributed by atoms with Crippen LogP contribution in [0, 0.1) is 11.7 Å². The highest BCUT2D eigenvalue weighted by Crippen LogP contribution is 2.27. The van der Waals surface area contributed by atoms with E-state index in [9.17, 15) is 4.39 Å². The van der Waals surface area contributed by atoms with Crippen molar-refractivity contribution in [2.75, 3.05) is 13.1 Å². The van der Waals surface area contributed by atoms with Crippen LogP contribution in [-0.2, 0) is 6.42 Å². The monoisotopic (exact) mass is 263 g/mol. The van der Waals surface area contributed by atoms with E-state index in [1.54, 1.807) is 12.1 Å². The average Bonchev–Trinajstić information content (AvgIpc) is 2.57. The number of aliphatic imine (C=N–C) groups is 1. The molecule has 0 saturated heterocycles. The van der Waals surface area contributed by atoms with Gasteiger partial charge in [-0.3, -0.25) is 4.99 Å². The van der Waals surface area contributed by atoms with Crippen LogP contribution in [0.25, 0.3) is 0 Å². The molecule has 0 amide bonds. The Labute approximate surface area is 114 Å². The zero-order chi connectivity index (χ0) is 14.0. The van der Waals surface area contributed by atoms with Gasteiger partial charge < -0.3 is 10.6 Å². The van der Waals surface area contributed by atoms with E-state index in [1.807, 2.05) is 6.07 Å². The van der Waals surface area contributed by atoms with Gasteiger partial charge in [-0.25, -0.2) is 4.39 Å². The van der Waals surface area contributed by atoms with Gasteiger partial charge in [0.2, 0.25) is 0 Å². The van der Waals surface area contributed by atoms with Crippen molar-refractivity contribution >= 4 is 5.96 Å². The normalized spacial score (nSPS) is 23.0. The molecule has 0 fully saturated rings. The lowest BCUT2D eigenvalue weighted by Crippen LogP contribution is -2.52. The van der Waals surface area contributed by atoms with Crippen LogP contribution in [0.2, 0.25) is 0 Å². The zero-order valence-corrected chi connectivity index (χ0v) is 11.9. The van der Waals surface area contributed by atoms with Gasteiger partial charge in [0, 0.05) is 6.54 Å². The van der Waals surface area contributed by atoms with E-state index in [4.69, 9.17) is 5.73 Å². The number of halogens is 1. The van der Waals surface area contributed by atoms with Crippen LogP contribution in [0.3, 0.4) is 0 Å². The van der Waals surface area contributed by atoms with Crippen molar-refractivity contribution in [2.45, 2.75) is 32.7 Å². The van der Waals surface area contributed by atoms with Crippen molar-refractivity contribution < 1.29 is 4.39 Å². The summed E-state index contributed by atoms with van der Waals surface area (Å²) in [6.07, 6.45) is 0.752. The number of hydrogen-bond acceptors (Lipinski definition) is 3. The third-order valence-electron chi connectivity index (χ3n) is 3.53. The standard InChI is InChI=1S/C15H22FN3/c1-11(2)9-19-14(17)18-10-15(19,3)8-12-5-4-6-13(16)7-12/h4-7,11H,8-10H2,1-3H3,(H2,17,18). The fraction of sp³-hybridized carbons (Fsp3) is 0.533. The summed E-state index contributed by atoms with van der Waals surface area (Å²) >= 11 is 0. The van der Waals surface area contributed by atoms with Gasteiger partial charge in [-0.1, -0.05) is 26.0 Å². The van der Waals surface area contributed by atoms with Gasteiger partial charge in [-0.15, -0.1) is 0 Å². The second-order valence-electron chi connectivity index (χ2n) is 5.98. The second-order valence-corrected chi connectivity index (χ2v) is 5.98. The summed E-state index contributed by atoms with van der Waals surface area (Å²) in [4.78, 5) is 6.52. The van der Waals surface area contributed by atoms with Gasteiger partial charge in [0.05, 0.1) is 12.1 Å². The molecule has 1 aliphatic heterocycles. The first-order valence-corrected chi connectivity index (χ1v) is 6.73. The number of hydrogen-bond donors (Lipinski definition) is 1. The smallest absolute Gasteiger partial charge is 0.191 e. The molecule has 2 rings (SSSR count). The predicted molar refractivity (Wildman–Crippen MR) is 76.5 cm³/mol. The lowest BCUT2D eigenvalue weighted by atomic mass is 9.91. The third-order valence-corrected chi connectivity index (χ3v) is 3.53. The highest BCUT2D eigenvalue weighted by molar-refractivity contribution is 5.81. The van der Waals surface area contributed by atoms with E-state index >= 15 is 0 Å². The van der Waals surface area contributed by atoms with E-state index in [1.165, 1.54) is 6.07 Å². The van der Waals surface area contributed by atoms with Crippen LogP contribution in [-0.4, -0.2) is 29.5 Å². The van der Waals surface area contributed by atoms with Crippen LogP contribution in [0.15, 0.2) is 29.3 Å². The molecule has 0 aliphatic carbocycles. The maximum absolute atomic E-state index is 13.3. The van der Waals surface area contributed by atoms with Crippen LogP contribution in [0.4, 0.5) is 4.39 Å². The Morgan fingerprint density at radius 3 is 2.84 bits per heavy atom. The van der Waals surface area contributed by atoms with E-state index < -0.39 is 0 Å². The van der Waals surface area contributed by atoms with Crippen molar-refractivity contribution in [3.05, 3.63) is 35.6 Å². The molecule has 1 aliphatic rings. The molecule has 1 aromatic carbocycles. The minimum Gasteiger partial charge on any atom is -0.370 e.